The van der Waals surface area contributed by atoms with Crippen molar-refractivity contribution in [2.24, 2.45) is 0 Å². The maximum Gasteiger partial charge on any atom is 0.410 e. The van der Waals surface area contributed by atoms with Crippen molar-refractivity contribution < 1.29 is 9.53 Å². The number of nitrogens with one attached hydrogen (secondary N) is 2. The van der Waals surface area contributed by atoms with Gasteiger partial charge in [-0.1, -0.05) is 0 Å². The molecule has 1 unspecified atom stereocenters. The normalized spacial score (nSPS) is 20.3. The molecule has 0 radical (unpaired) electrons. The Labute approximate surface area is 123 Å². The third-order valence-corrected chi connectivity index (χ3v) is 3.38. The highest BCUT2D eigenvalue weighted by atomic mass is 16.6. The van der Waals surface area contributed by atoms with Crippen molar-refractivity contribution in [1.29, 1.82) is 0 Å². The first kappa shape index (κ1) is 17.2. The van der Waals surface area contributed by atoms with E-state index in [1.165, 1.54) is 19.3 Å². The zero-order chi connectivity index (χ0) is 15.0. The van der Waals surface area contributed by atoms with Crippen LogP contribution in [0.2, 0.25) is 0 Å². The minimum atomic E-state index is -0.420. The minimum absolute atomic E-state index is 0.240. The Morgan fingerprint density at radius 1 is 1.35 bits per heavy atom. The molecule has 1 fully saturated rings. The van der Waals surface area contributed by atoms with Gasteiger partial charge in [-0.3, -0.25) is 0 Å². The van der Waals surface area contributed by atoms with Gasteiger partial charge in [0, 0.05) is 19.6 Å². The fourth-order valence-electron chi connectivity index (χ4n) is 2.28. The van der Waals surface area contributed by atoms with Gasteiger partial charge in [0.25, 0.3) is 0 Å². The maximum atomic E-state index is 11.8. The number of rotatable bonds is 5. The Balaban J connectivity index is 2.12. The number of nitrogens with zero attached hydrogens (tertiary/aromatic N) is 1. The summed E-state index contributed by atoms with van der Waals surface area (Å²) in [4.78, 5) is 13.4. The lowest BCUT2D eigenvalue weighted by molar-refractivity contribution is 0.0297. The van der Waals surface area contributed by atoms with Crippen LogP contribution in [0.25, 0.3) is 0 Å². The Kier molecular flexibility index (Phi) is 7.30. The lowest BCUT2D eigenvalue weighted by Crippen LogP contribution is -2.36. The summed E-state index contributed by atoms with van der Waals surface area (Å²) in [7, 11) is 1.80. The highest BCUT2D eigenvalue weighted by molar-refractivity contribution is 5.67. The van der Waals surface area contributed by atoms with E-state index < -0.39 is 5.60 Å². The second-order valence-electron chi connectivity index (χ2n) is 6.59. The van der Waals surface area contributed by atoms with Gasteiger partial charge < -0.3 is 20.3 Å². The summed E-state index contributed by atoms with van der Waals surface area (Å²) < 4.78 is 5.32. The van der Waals surface area contributed by atoms with Crippen LogP contribution in [0.15, 0.2) is 0 Å². The number of hydrogen-bond donors (Lipinski definition) is 2. The van der Waals surface area contributed by atoms with Crippen molar-refractivity contribution in [3.8, 4) is 0 Å². The van der Waals surface area contributed by atoms with Crippen LogP contribution in [-0.2, 0) is 4.74 Å². The summed E-state index contributed by atoms with van der Waals surface area (Å²) in [6.07, 6.45) is 4.41. The molecule has 0 saturated carbocycles. The molecule has 118 valence electrons. The van der Waals surface area contributed by atoms with Crippen molar-refractivity contribution in [2.75, 3.05) is 33.2 Å². The summed E-state index contributed by atoms with van der Waals surface area (Å²) in [5.41, 5.74) is -0.420. The standard InChI is InChI=1S/C15H31N3O2/c1-15(2,3)20-14(19)18(4)12-6-10-17-13-7-5-9-16-11-8-13/h13,16-17H,5-12H2,1-4H3. The SMILES string of the molecule is CN(CCCNC1CCCNCC1)C(=O)OC(C)(C)C. The second-order valence-corrected chi connectivity index (χ2v) is 6.59. The first-order valence-electron chi connectivity index (χ1n) is 7.77. The van der Waals surface area contributed by atoms with Crippen LogP contribution >= 0.6 is 0 Å². The highest BCUT2D eigenvalue weighted by Gasteiger charge is 2.19. The van der Waals surface area contributed by atoms with Crippen LogP contribution in [0.5, 0.6) is 0 Å². The van der Waals surface area contributed by atoms with Crippen LogP contribution in [0, 0.1) is 0 Å². The molecular weight excluding hydrogens is 254 g/mol. The van der Waals surface area contributed by atoms with Gasteiger partial charge in [-0.25, -0.2) is 4.79 Å². The molecule has 20 heavy (non-hydrogen) atoms. The van der Waals surface area contributed by atoms with E-state index in [0.717, 1.165) is 32.6 Å². The van der Waals surface area contributed by atoms with Crippen LogP contribution < -0.4 is 10.6 Å². The first-order chi connectivity index (χ1) is 9.38. The number of carbonyl (C=O) groups is 1. The molecule has 1 rings (SSSR count). The Hall–Kier alpha value is -0.810. The monoisotopic (exact) mass is 285 g/mol. The third kappa shape index (κ3) is 7.70. The van der Waals surface area contributed by atoms with Crippen LogP contribution in [0.1, 0.15) is 46.5 Å². The molecule has 1 heterocycles. The molecule has 0 aromatic heterocycles. The van der Waals surface area contributed by atoms with E-state index in [9.17, 15) is 4.79 Å². The summed E-state index contributed by atoms with van der Waals surface area (Å²) in [5, 5.41) is 7.00. The van der Waals surface area contributed by atoms with Gasteiger partial charge in [0.1, 0.15) is 5.60 Å². The Morgan fingerprint density at radius 2 is 2.10 bits per heavy atom. The fraction of sp³-hybridized carbons (Fsp3) is 0.933. The molecule has 0 aromatic carbocycles. The van der Waals surface area contributed by atoms with Gasteiger partial charge in [0.05, 0.1) is 0 Å². The fourth-order valence-corrected chi connectivity index (χ4v) is 2.28. The minimum Gasteiger partial charge on any atom is -0.444 e. The molecule has 0 aliphatic carbocycles. The maximum absolute atomic E-state index is 11.8. The van der Waals surface area contributed by atoms with Gasteiger partial charge >= 0.3 is 6.09 Å². The Morgan fingerprint density at radius 3 is 2.80 bits per heavy atom. The topological polar surface area (TPSA) is 53.6 Å². The smallest absolute Gasteiger partial charge is 0.410 e. The van der Waals surface area contributed by atoms with E-state index in [4.69, 9.17) is 4.74 Å². The number of carbonyl (C=O) groups excluding carboxylic acids is 1. The average Bonchev–Trinajstić information content (AvgIpc) is 2.60. The van der Waals surface area contributed by atoms with E-state index in [1.54, 1.807) is 11.9 Å². The largest absolute Gasteiger partial charge is 0.444 e. The van der Waals surface area contributed by atoms with E-state index in [-0.39, 0.29) is 6.09 Å². The van der Waals surface area contributed by atoms with Gasteiger partial charge in [-0.15, -0.1) is 0 Å². The van der Waals surface area contributed by atoms with Crippen LogP contribution in [0.4, 0.5) is 4.79 Å². The zero-order valence-corrected chi connectivity index (χ0v) is 13.5. The predicted molar refractivity (Wildman–Crippen MR) is 82.0 cm³/mol. The quantitative estimate of drug-likeness (QED) is 0.758. The molecule has 1 amide bonds. The zero-order valence-electron chi connectivity index (χ0n) is 13.5. The average molecular weight is 285 g/mol. The molecule has 0 aromatic rings. The van der Waals surface area contributed by atoms with Crippen molar-refractivity contribution >= 4 is 6.09 Å². The molecule has 5 nitrogen and oxygen atoms in total. The molecule has 1 aliphatic rings. The van der Waals surface area contributed by atoms with Gasteiger partial charge in [-0.05, 0) is 66.1 Å². The molecule has 0 bridgehead atoms. The van der Waals surface area contributed by atoms with Crippen LogP contribution in [-0.4, -0.2) is 55.9 Å². The Bertz CT molecular complexity index is 281. The van der Waals surface area contributed by atoms with Crippen molar-refractivity contribution in [1.82, 2.24) is 15.5 Å². The molecule has 1 atom stereocenters. The second kappa shape index (κ2) is 8.47. The molecule has 1 saturated heterocycles. The third-order valence-electron chi connectivity index (χ3n) is 3.38. The van der Waals surface area contributed by atoms with E-state index in [1.807, 2.05) is 20.8 Å². The molecular formula is C15H31N3O2. The molecule has 1 aliphatic heterocycles. The molecule has 0 spiro atoms. The summed E-state index contributed by atoms with van der Waals surface area (Å²) >= 11 is 0. The summed E-state index contributed by atoms with van der Waals surface area (Å²) in [5.74, 6) is 0. The van der Waals surface area contributed by atoms with E-state index >= 15 is 0 Å². The predicted octanol–water partition coefficient (Wildman–Crippen LogP) is 1.98. The van der Waals surface area contributed by atoms with E-state index in [0.29, 0.717) is 6.04 Å². The molecule has 2 N–H and O–H groups in total. The van der Waals surface area contributed by atoms with Gasteiger partial charge in [0.15, 0.2) is 0 Å². The summed E-state index contributed by atoms with van der Waals surface area (Å²) in [6, 6.07) is 0.622. The van der Waals surface area contributed by atoms with Crippen molar-refractivity contribution in [2.45, 2.75) is 58.1 Å². The highest BCUT2D eigenvalue weighted by Crippen LogP contribution is 2.09. The van der Waals surface area contributed by atoms with Crippen molar-refractivity contribution in [3.05, 3.63) is 0 Å². The van der Waals surface area contributed by atoms with E-state index in [2.05, 4.69) is 10.6 Å². The number of amides is 1. The number of hydrogen-bond acceptors (Lipinski definition) is 4. The first-order valence-corrected chi connectivity index (χ1v) is 7.77. The van der Waals surface area contributed by atoms with Gasteiger partial charge in [-0.2, -0.15) is 0 Å². The molecule has 5 heteroatoms. The lowest BCUT2D eigenvalue weighted by atomic mass is 10.1. The van der Waals surface area contributed by atoms with Crippen molar-refractivity contribution in [3.63, 3.8) is 0 Å². The van der Waals surface area contributed by atoms with Crippen LogP contribution in [0.3, 0.4) is 0 Å². The summed E-state index contributed by atoms with van der Waals surface area (Å²) in [6.45, 7) is 9.60. The number of ether oxygens (including phenoxy) is 1. The lowest BCUT2D eigenvalue weighted by Gasteiger charge is -2.25. The van der Waals surface area contributed by atoms with Gasteiger partial charge in [0.2, 0.25) is 0 Å².